The molecule has 1 aromatic heterocycles. The highest BCUT2D eigenvalue weighted by Crippen LogP contribution is 2.24. The standard InChI is InChI=1S/C18H18N4O2/c19-10-13(18(20)24)9-14-11-22(16-6-2-1-5-15(14)16)12-17(23)21-7-3-4-8-21/h1-2,5-6,9,11H,3-4,7-8,12H2,(H2,20,24)/b13-9+. The van der Waals surface area contributed by atoms with Gasteiger partial charge in [-0.25, -0.2) is 0 Å². The zero-order chi connectivity index (χ0) is 17.1. The first kappa shape index (κ1) is 15.8. The van der Waals surface area contributed by atoms with Crippen LogP contribution >= 0.6 is 0 Å². The molecule has 2 aromatic rings. The molecule has 2 heterocycles. The molecule has 6 nitrogen and oxygen atoms in total. The summed E-state index contributed by atoms with van der Waals surface area (Å²) >= 11 is 0. The predicted octanol–water partition coefficient (Wildman–Crippen LogP) is 1.66. The fraction of sp³-hybridized carbons (Fsp3) is 0.278. The molecule has 0 aliphatic carbocycles. The van der Waals surface area contributed by atoms with E-state index in [2.05, 4.69) is 0 Å². The molecule has 0 atom stereocenters. The van der Waals surface area contributed by atoms with Gasteiger partial charge >= 0.3 is 0 Å². The molecule has 1 aliphatic rings. The minimum atomic E-state index is -0.762. The lowest BCUT2D eigenvalue weighted by Gasteiger charge is -2.15. The quantitative estimate of drug-likeness (QED) is 0.685. The van der Waals surface area contributed by atoms with Crippen molar-refractivity contribution >= 4 is 28.8 Å². The Morgan fingerprint density at radius 1 is 1.25 bits per heavy atom. The number of benzene rings is 1. The topological polar surface area (TPSA) is 92.1 Å². The van der Waals surface area contributed by atoms with E-state index in [1.807, 2.05) is 39.8 Å². The number of primary amides is 1. The van der Waals surface area contributed by atoms with Crippen molar-refractivity contribution in [2.45, 2.75) is 19.4 Å². The second-order valence-electron chi connectivity index (χ2n) is 5.85. The largest absolute Gasteiger partial charge is 0.365 e. The SMILES string of the molecule is N#C/C(=C\c1cn(CC(=O)N2CCCC2)c2ccccc12)C(N)=O. The molecule has 2 N–H and O–H groups in total. The number of rotatable bonds is 4. The molecule has 1 aromatic carbocycles. The lowest BCUT2D eigenvalue weighted by molar-refractivity contribution is -0.130. The molecule has 0 bridgehead atoms. The highest BCUT2D eigenvalue weighted by Gasteiger charge is 2.19. The first-order valence-corrected chi connectivity index (χ1v) is 7.87. The summed E-state index contributed by atoms with van der Waals surface area (Å²) < 4.78 is 1.86. The summed E-state index contributed by atoms with van der Waals surface area (Å²) in [5.74, 6) is -0.679. The number of nitrogens with two attached hydrogens (primary N) is 1. The number of hydrogen-bond acceptors (Lipinski definition) is 3. The van der Waals surface area contributed by atoms with E-state index in [-0.39, 0.29) is 18.0 Å². The average molecular weight is 322 g/mol. The zero-order valence-corrected chi connectivity index (χ0v) is 13.2. The van der Waals surface area contributed by atoms with Crippen LogP contribution in [0.25, 0.3) is 17.0 Å². The first-order valence-electron chi connectivity index (χ1n) is 7.87. The van der Waals surface area contributed by atoms with Crippen molar-refractivity contribution in [2.75, 3.05) is 13.1 Å². The van der Waals surface area contributed by atoms with E-state index in [0.717, 1.165) is 36.8 Å². The van der Waals surface area contributed by atoms with Crippen molar-refractivity contribution in [3.05, 3.63) is 41.6 Å². The van der Waals surface area contributed by atoms with Gasteiger partial charge in [-0.2, -0.15) is 5.26 Å². The van der Waals surface area contributed by atoms with Crippen molar-refractivity contribution in [1.29, 1.82) is 5.26 Å². The molecule has 3 rings (SSSR count). The van der Waals surface area contributed by atoms with Gasteiger partial charge < -0.3 is 15.2 Å². The molecule has 1 saturated heterocycles. The Bertz CT molecular complexity index is 867. The second-order valence-corrected chi connectivity index (χ2v) is 5.85. The van der Waals surface area contributed by atoms with Crippen molar-refractivity contribution < 1.29 is 9.59 Å². The van der Waals surface area contributed by atoms with Gasteiger partial charge in [0.1, 0.15) is 18.2 Å². The Balaban J connectivity index is 1.99. The summed E-state index contributed by atoms with van der Waals surface area (Å²) in [5.41, 5.74) is 6.70. The van der Waals surface area contributed by atoms with Gasteiger partial charge in [-0.3, -0.25) is 9.59 Å². The Labute approximate surface area is 139 Å². The number of amides is 2. The maximum atomic E-state index is 12.4. The van der Waals surface area contributed by atoms with Crippen LogP contribution in [0.4, 0.5) is 0 Å². The van der Waals surface area contributed by atoms with Gasteiger partial charge in [0, 0.05) is 35.8 Å². The van der Waals surface area contributed by atoms with Crippen molar-refractivity contribution in [3.63, 3.8) is 0 Å². The number of fused-ring (bicyclic) bond motifs is 1. The van der Waals surface area contributed by atoms with Crippen LogP contribution in [-0.2, 0) is 16.1 Å². The molecular weight excluding hydrogens is 304 g/mol. The summed E-state index contributed by atoms with van der Waals surface area (Å²) in [6.45, 7) is 1.86. The molecule has 24 heavy (non-hydrogen) atoms. The summed E-state index contributed by atoms with van der Waals surface area (Å²) in [6, 6.07) is 9.40. The molecule has 6 heteroatoms. The summed E-state index contributed by atoms with van der Waals surface area (Å²) in [5, 5.41) is 9.91. The third kappa shape index (κ3) is 3.01. The fourth-order valence-corrected chi connectivity index (χ4v) is 3.05. The number of aromatic nitrogens is 1. The fourth-order valence-electron chi connectivity index (χ4n) is 3.05. The number of nitrogens with zero attached hydrogens (tertiary/aromatic N) is 3. The van der Waals surface area contributed by atoms with Gasteiger partial charge in [0.25, 0.3) is 5.91 Å². The lowest BCUT2D eigenvalue weighted by Crippen LogP contribution is -2.30. The smallest absolute Gasteiger partial charge is 0.259 e. The number of nitriles is 1. The van der Waals surface area contributed by atoms with Gasteiger partial charge in [0.15, 0.2) is 0 Å². The maximum absolute atomic E-state index is 12.4. The zero-order valence-electron chi connectivity index (χ0n) is 13.2. The molecule has 2 amide bonds. The minimum Gasteiger partial charge on any atom is -0.365 e. The minimum absolute atomic E-state index is 0.0826. The van der Waals surface area contributed by atoms with Crippen LogP contribution in [0.15, 0.2) is 36.0 Å². The van der Waals surface area contributed by atoms with Crippen LogP contribution in [0.5, 0.6) is 0 Å². The van der Waals surface area contributed by atoms with E-state index >= 15 is 0 Å². The van der Waals surface area contributed by atoms with Gasteiger partial charge in [0.05, 0.1) is 0 Å². The van der Waals surface area contributed by atoms with Crippen LogP contribution in [0.1, 0.15) is 18.4 Å². The molecule has 0 saturated carbocycles. The monoisotopic (exact) mass is 322 g/mol. The van der Waals surface area contributed by atoms with Gasteiger partial charge in [-0.15, -0.1) is 0 Å². The van der Waals surface area contributed by atoms with Crippen molar-refractivity contribution in [3.8, 4) is 6.07 Å². The van der Waals surface area contributed by atoms with E-state index < -0.39 is 5.91 Å². The Morgan fingerprint density at radius 3 is 2.62 bits per heavy atom. The molecule has 0 radical (unpaired) electrons. The van der Waals surface area contributed by atoms with E-state index in [0.29, 0.717) is 5.56 Å². The van der Waals surface area contributed by atoms with Gasteiger partial charge in [-0.1, -0.05) is 18.2 Å². The number of hydrogen-bond donors (Lipinski definition) is 1. The van der Waals surface area contributed by atoms with E-state index in [4.69, 9.17) is 11.0 Å². The van der Waals surface area contributed by atoms with Crippen molar-refractivity contribution in [2.24, 2.45) is 5.73 Å². The van der Waals surface area contributed by atoms with Gasteiger partial charge in [0.2, 0.25) is 5.91 Å². The number of para-hydroxylation sites is 1. The summed E-state index contributed by atoms with van der Waals surface area (Å²) in [4.78, 5) is 25.6. The van der Waals surface area contributed by atoms with Crippen LogP contribution in [0, 0.1) is 11.3 Å². The normalized spacial score (nSPS) is 14.8. The Kier molecular flexibility index (Phi) is 4.34. The van der Waals surface area contributed by atoms with Crippen LogP contribution in [0.2, 0.25) is 0 Å². The second kappa shape index (κ2) is 6.59. The molecule has 0 unspecified atom stereocenters. The van der Waals surface area contributed by atoms with E-state index in [1.54, 1.807) is 6.20 Å². The molecule has 122 valence electrons. The number of carbonyl (C=O) groups excluding carboxylic acids is 2. The van der Waals surface area contributed by atoms with Crippen LogP contribution in [0.3, 0.4) is 0 Å². The van der Waals surface area contributed by atoms with Crippen molar-refractivity contribution in [1.82, 2.24) is 9.47 Å². The molecular formula is C18H18N4O2. The highest BCUT2D eigenvalue weighted by atomic mass is 16.2. The average Bonchev–Trinajstić information content (AvgIpc) is 3.21. The maximum Gasteiger partial charge on any atom is 0.259 e. The Morgan fingerprint density at radius 2 is 1.96 bits per heavy atom. The van der Waals surface area contributed by atoms with Crippen LogP contribution < -0.4 is 5.73 Å². The third-order valence-corrected chi connectivity index (χ3v) is 4.27. The molecule has 0 spiro atoms. The Hall–Kier alpha value is -3.07. The lowest BCUT2D eigenvalue weighted by atomic mass is 10.1. The van der Waals surface area contributed by atoms with E-state index in [9.17, 15) is 9.59 Å². The highest BCUT2D eigenvalue weighted by molar-refractivity contribution is 6.03. The van der Waals surface area contributed by atoms with Gasteiger partial charge in [-0.05, 0) is 25.0 Å². The van der Waals surface area contributed by atoms with Crippen LogP contribution in [-0.4, -0.2) is 34.4 Å². The summed E-state index contributed by atoms with van der Waals surface area (Å²) in [7, 11) is 0. The predicted molar refractivity (Wildman–Crippen MR) is 90.5 cm³/mol. The third-order valence-electron chi connectivity index (χ3n) is 4.27. The first-order chi connectivity index (χ1) is 11.6. The number of likely N-dealkylation sites (tertiary alicyclic amines) is 1. The summed E-state index contributed by atoms with van der Waals surface area (Å²) in [6.07, 6.45) is 5.37. The number of carbonyl (C=O) groups is 2. The van der Waals surface area contributed by atoms with E-state index in [1.165, 1.54) is 6.08 Å². The molecule has 1 aliphatic heterocycles. The molecule has 1 fully saturated rings.